The van der Waals surface area contributed by atoms with Gasteiger partial charge in [-0.15, -0.1) is 6.58 Å². The highest BCUT2D eigenvalue weighted by atomic mass is 16.6. The van der Waals surface area contributed by atoms with E-state index < -0.39 is 17.2 Å². The Morgan fingerprint density at radius 2 is 2.20 bits per heavy atom. The zero-order valence-corrected chi connectivity index (χ0v) is 9.37. The lowest BCUT2D eigenvalue weighted by atomic mass is 10.2. The number of nitrogens with one attached hydrogen (secondary N) is 1. The largest absolute Gasteiger partial charge is 0.444 e. The van der Waals surface area contributed by atoms with Crippen LogP contribution in [-0.2, 0) is 9.53 Å². The Morgan fingerprint density at radius 1 is 1.60 bits per heavy atom. The molecule has 0 aromatic rings. The lowest BCUT2D eigenvalue weighted by molar-refractivity contribution is -0.110. The second kappa shape index (κ2) is 3.68. The summed E-state index contributed by atoms with van der Waals surface area (Å²) in [5.41, 5.74) is -1.32. The van der Waals surface area contributed by atoms with Crippen molar-refractivity contribution in [1.29, 1.82) is 0 Å². The molecule has 4 heteroatoms. The first-order valence-corrected chi connectivity index (χ1v) is 4.93. The number of rotatable bonds is 3. The average molecular weight is 211 g/mol. The summed E-state index contributed by atoms with van der Waals surface area (Å²) in [6.07, 6.45) is 2.48. The van der Waals surface area contributed by atoms with E-state index in [4.69, 9.17) is 4.74 Å². The molecule has 1 rings (SSSR count). The third-order valence-electron chi connectivity index (χ3n) is 2.29. The van der Waals surface area contributed by atoms with Gasteiger partial charge in [-0.3, -0.25) is 0 Å². The summed E-state index contributed by atoms with van der Waals surface area (Å²) >= 11 is 0. The van der Waals surface area contributed by atoms with Crippen molar-refractivity contribution in [3.05, 3.63) is 12.7 Å². The SMILES string of the molecule is C=CC1C[C@]1(C=O)NC(=O)OC(C)(C)C. The third kappa shape index (κ3) is 2.81. The second-order valence-corrected chi connectivity index (χ2v) is 4.83. The minimum Gasteiger partial charge on any atom is -0.444 e. The highest BCUT2D eigenvalue weighted by Crippen LogP contribution is 2.42. The fourth-order valence-corrected chi connectivity index (χ4v) is 1.40. The number of alkyl carbamates (subject to hydrolysis) is 1. The maximum absolute atomic E-state index is 11.4. The first-order chi connectivity index (χ1) is 6.83. The highest BCUT2D eigenvalue weighted by Gasteiger charge is 2.54. The van der Waals surface area contributed by atoms with Crippen LogP contribution in [0.3, 0.4) is 0 Å². The van der Waals surface area contributed by atoms with Gasteiger partial charge in [-0.1, -0.05) is 6.08 Å². The Hall–Kier alpha value is -1.32. The van der Waals surface area contributed by atoms with Gasteiger partial charge in [-0.25, -0.2) is 4.79 Å². The summed E-state index contributed by atoms with van der Waals surface area (Å²) in [5, 5.41) is 2.57. The second-order valence-electron chi connectivity index (χ2n) is 4.83. The van der Waals surface area contributed by atoms with Crippen LogP contribution in [0.4, 0.5) is 4.79 Å². The predicted octanol–water partition coefficient (Wildman–Crippen LogP) is 1.65. The molecule has 1 fully saturated rings. The van der Waals surface area contributed by atoms with Crippen molar-refractivity contribution in [3.8, 4) is 0 Å². The van der Waals surface area contributed by atoms with E-state index in [1.54, 1.807) is 26.8 Å². The van der Waals surface area contributed by atoms with Crippen molar-refractivity contribution in [2.45, 2.75) is 38.3 Å². The van der Waals surface area contributed by atoms with E-state index in [0.717, 1.165) is 6.29 Å². The van der Waals surface area contributed by atoms with Gasteiger partial charge in [0.05, 0.1) is 0 Å². The van der Waals surface area contributed by atoms with Gasteiger partial charge in [0, 0.05) is 5.92 Å². The van der Waals surface area contributed by atoms with Gasteiger partial charge >= 0.3 is 6.09 Å². The van der Waals surface area contributed by atoms with Crippen LogP contribution in [0.1, 0.15) is 27.2 Å². The molecular weight excluding hydrogens is 194 g/mol. The first-order valence-electron chi connectivity index (χ1n) is 4.93. The minimum absolute atomic E-state index is 0.0301. The third-order valence-corrected chi connectivity index (χ3v) is 2.29. The lowest BCUT2D eigenvalue weighted by Gasteiger charge is -2.21. The summed E-state index contributed by atoms with van der Waals surface area (Å²) in [7, 11) is 0. The molecule has 0 heterocycles. The molecule has 0 aliphatic heterocycles. The molecule has 1 aliphatic rings. The average Bonchev–Trinajstić information content (AvgIpc) is 2.76. The van der Waals surface area contributed by atoms with Crippen molar-refractivity contribution in [3.63, 3.8) is 0 Å². The van der Waals surface area contributed by atoms with E-state index in [2.05, 4.69) is 11.9 Å². The molecule has 0 aromatic carbocycles. The molecule has 4 nitrogen and oxygen atoms in total. The van der Waals surface area contributed by atoms with Crippen LogP contribution in [-0.4, -0.2) is 23.5 Å². The summed E-state index contributed by atoms with van der Waals surface area (Å²) in [6.45, 7) is 8.92. The Labute approximate surface area is 89.7 Å². The van der Waals surface area contributed by atoms with Crippen LogP contribution in [0.5, 0.6) is 0 Å². The topological polar surface area (TPSA) is 55.4 Å². The van der Waals surface area contributed by atoms with Crippen molar-refractivity contribution < 1.29 is 14.3 Å². The molecule has 0 aromatic heterocycles. The van der Waals surface area contributed by atoms with Crippen molar-refractivity contribution in [2.75, 3.05) is 0 Å². The first kappa shape index (κ1) is 11.8. The number of hydrogen-bond acceptors (Lipinski definition) is 3. The predicted molar refractivity (Wildman–Crippen MR) is 56.5 cm³/mol. The summed E-state index contributed by atoms with van der Waals surface area (Å²) in [4.78, 5) is 22.2. The van der Waals surface area contributed by atoms with E-state index in [0.29, 0.717) is 6.42 Å². The fraction of sp³-hybridized carbons (Fsp3) is 0.636. The highest BCUT2D eigenvalue weighted by molar-refractivity contribution is 5.80. The summed E-state index contributed by atoms with van der Waals surface area (Å²) in [6, 6.07) is 0. The monoisotopic (exact) mass is 211 g/mol. The summed E-state index contributed by atoms with van der Waals surface area (Å²) in [5.74, 6) is 0.0301. The van der Waals surface area contributed by atoms with Crippen molar-refractivity contribution in [1.82, 2.24) is 5.32 Å². The van der Waals surface area contributed by atoms with Gasteiger partial charge in [0.2, 0.25) is 0 Å². The van der Waals surface area contributed by atoms with Crippen LogP contribution >= 0.6 is 0 Å². The van der Waals surface area contributed by atoms with E-state index in [1.165, 1.54) is 0 Å². The van der Waals surface area contributed by atoms with Crippen LogP contribution in [0.15, 0.2) is 12.7 Å². The van der Waals surface area contributed by atoms with Crippen LogP contribution < -0.4 is 5.32 Å². The Morgan fingerprint density at radius 3 is 2.53 bits per heavy atom. The maximum atomic E-state index is 11.4. The Kier molecular flexibility index (Phi) is 2.88. The zero-order valence-electron chi connectivity index (χ0n) is 9.37. The molecule has 0 radical (unpaired) electrons. The van der Waals surface area contributed by atoms with E-state index in [9.17, 15) is 9.59 Å². The number of carbonyl (C=O) groups excluding carboxylic acids is 2. The zero-order chi connectivity index (χ0) is 11.7. The van der Waals surface area contributed by atoms with E-state index in [-0.39, 0.29) is 5.92 Å². The molecule has 1 saturated carbocycles. The van der Waals surface area contributed by atoms with Crippen LogP contribution in [0.25, 0.3) is 0 Å². The fourth-order valence-electron chi connectivity index (χ4n) is 1.40. The van der Waals surface area contributed by atoms with Crippen molar-refractivity contribution >= 4 is 12.4 Å². The van der Waals surface area contributed by atoms with Gasteiger partial charge in [0.25, 0.3) is 0 Å². The number of amides is 1. The minimum atomic E-state index is -0.774. The molecule has 0 saturated heterocycles. The lowest BCUT2D eigenvalue weighted by Crippen LogP contribution is -2.42. The molecule has 1 unspecified atom stereocenters. The summed E-state index contributed by atoms with van der Waals surface area (Å²) < 4.78 is 5.06. The number of hydrogen-bond donors (Lipinski definition) is 1. The normalized spacial score (nSPS) is 29.1. The van der Waals surface area contributed by atoms with Gasteiger partial charge in [0.1, 0.15) is 17.4 Å². The Balaban J connectivity index is 2.52. The maximum Gasteiger partial charge on any atom is 0.408 e. The van der Waals surface area contributed by atoms with Crippen LogP contribution in [0.2, 0.25) is 0 Å². The molecule has 1 amide bonds. The van der Waals surface area contributed by atoms with Gasteiger partial charge in [0.15, 0.2) is 0 Å². The number of aldehydes is 1. The van der Waals surface area contributed by atoms with Gasteiger partial charge in [-0.2, -0.15) is 0 Å². The number of ether oxygens (including phenoxy) is 1. The standard InChI is InChI=1S/C11H17NO3/c1-5-8-6-11(8,7-13)12-9(14)15-10(2,3)4/h5,7-8H,1,6H2,2-4H3,(H,12,14)/t8?,11-/m1/s1. The van der Waals surface area contributed by atoms with Gasteiger partial charge in [-0.05, 0) is 27.2 Å². The van der Waals surface area contributed by atoms with Crippen LogP contribution in [0, 0.1) is 5.92 Å². The quantitative estimate of drug-likeness (QED) is 0.570. The Bertz CT molecular complexity index is 293. The number of carbonyl (C=O) groups is 2. The molecule has 84 valence electrons. The molecule has 15 heavy (non-hydrogen) atoms. The molecular formula is C11H17NO3. The van der Waals surface area contributed by atoms with Crippen molar-refractivity contribution in [2.24, 2.45) is 5.92 Å². The smallest absolute Gasteiger partial charge is 0.408 e. The molecule has 1 aliphatic carbocycles. The molecule has 0 spiro atoms. The molecule has 2 atom stereocenters. The molecule has 0 bridgehead atoms. The van der Waals surface area contributed by atoms with Gasteiger partial charge < -0.3 is 14.8 Å². The van der Waals surface area contributed by atoms with E-state index >= 15 is 0 Å². The molecule has 1 N–H and O–H groups in total. The van der Waals surface area contributed by atoms with E-state index in [1.807, 2.05) is 0 Å².